The van der Waals surface area contributed by atoms with Crippen LogP contribution in [0.5, 0.6) is 0 Å². The van der Waals surface area contributed by atoms with Crippen LogP contribution in [0.15, 0.2) is 0 Å². The Labute approximate surface area is 147 Å². The summed E-state index contributed by atoms with van der Waals surface area (Å²) in [4.78, 5) is 15.6. The Morgan fingerprint density at radius 1 is 1.17 bits per heavy atom. The van der Waals surface area contributed by atoms with Gasteiger partial charge in [0.05, 0.1) is 12.1 Å². The fourth-order valence-electron chi connectivity index (χ4n) is 3.06. The van der Waals surface area contributed by atoms with Gasteiger partial charge in [0.1, 0.15) is 5.60 Å². The van der Waals surface area contributed by atoms with Crippen molar-refractivity contribution in [3.8, 4) is 0 Å². The Balaban J connectivity index is 2.36. The largest absolute Gasteiger partial charge is 0.444 e. The highest BCUT2D eigenvalue weighted by atomic mass is 16.6. The lowest BCUT2D eigenvalue weighted by molar-refractivity contribution is -0.0173. The number of hydrogen-bond acceptors (Lipinski definition) is 5. The molecule has 1 aliphatic heterocycles. The van der Waals surface area contributed by atoms with Crippen molar-refractivity contribution in [1.29, 1.82) is 0 Å². The summed E-state index contributed by atoms with van der Waals surface area (Å²) in [7, 11) is 3.67. The molecule has 1 amide bonds. The van der Waals surface area contributed by atoms with E-state index in [1.54, 1.807) is 14.0 Å². The minimum atomic E-state index is -0.976. The molecule has 1 atom stereocenters. The number of hydrogen-bond donors (Lipinski definition) is 1. The first-order valence-electron chi connectivity index (χ1n) is 8.91. The van der Waals surface area contributed by atoms with Crippen molar-refractivity contribution in [3.63, 3.8) is 0 Å². The number of carbonyl (C=O) groups is 1. The van der Waals surface area contributed by atoms with Gasteiger partial charge in [0, 0.05) is 26.8 Å². The molecular weight excluding hydrogens is 308 g/mol. The van der Waals surface area contributed by atoms with Gasteiger partial charge in [0.15, 0.2) is 0 Å². The summed E-state index contributed by atoms with van der Waals surface area (Å²) in [6.07, 6.45) is 2.97. The zero-order valence-corrected chi connectivity index (χ0v) is 16.3. The van der Waals surface area contributed by atoms with Crippen LogP contribution in [0.25, 0.3) is 0 Å². The van der Waals surface area contributed by atoms with Crippen molar-refractivity contribution in [3.05, 3.63) is 0 Å². The molecule has 1 aliphatic rings. The van der Waals surface area contributed by atoms with Crippen molar-refractivity contribution in [1.82, 2.24) is 9.80 Å². The lowest BCUT2D eigenvalue weighted by atomic mass is 9.96. The van der Waals surface area contributed by atoms with E-state index in [0.29, 0.717) is 6.54 Å². The predicted molar refractivity (Wildman–Crippen MR) is 95.1 cm³/mol. The third-order valence-electron chi connectivity index (χ3n) is 4.15. The highest BCUT2D eigenvalue weighted by Gasteiger charge is 2.29. The van der Waals surface area contributed by atoms with Gasteiger partial charge in [-0.05, 0) is 66.5 Å². The Bertz CT molecular complexity index is 387. The monoisotopic (exact) mass is 344 g/mol. The van der Waals surface area contributed by atoms with Gasteiger partial charge in [-0.3, -0.25) is 0 Å². The fourth-order valence-corrected chi connectivity index (χ4v) is 3.06. The second kappa shape index (κ2) is 9.02. The maximum atomic E-state index is 12.0. The maximum Gasteiger partial charge on any atom is 0.410 e. The van der Waals surface area contributed by atoms with E-state index in [2.05, 4.69) is 4.90 Å². The Kier molecular flexibility index (Phi) is 7.96. The quantitative estimate of drug-likeness (QED) is 0.768. The van der Waals surface area contributed by atoms with E-state index in [1.165, 1.54) is 4.90 Å². The van der Waals surface area contributed by atoms with Crippen molar-refractivity contribution in [2.45, 2.75) is 58.2 Å². The Morgan fingerprint density at radius 3 is 2.29 bits per heavy atom. The lowest BCUT2D eigenvalue weighted by Gasteiger charge is -2.34. The first kappa shape index (κ1) is 21.2. The minimum Gasteiger partial charge on any atom is -0.444 e. The molecule has 0 saturated carbocycles. The highest BCUT2D eigenvalue weighted by Crippen LogP contribution is 2.19. The van der Waals surface area contributed by atoms with E-state index >= 15 is 0 Å². The van der Waals surface area contributed by atoms with Crippen LogP contribution in [0.2, 0.25) is 0 Å². The molecule has 0 aromatic rings. The molecule has 1 heterocycles. The number of rotatable bonds is 7. The molecule has 6 nitrogen and oxygen atoms in total. The standard InChI is InChI=1S/C18H36N2O4/c1-17(2,3)24-16(21)20(6)14-18(4,22)13-19(5)10-7-15-8-11-23-12-9-15/h15,22H,7-14H2,1-6H3/t18-/m1/s1. The van der Waals surface area contributed by atoms with Crippen LogP contribution < -0.4 is 0 Å². The summed E-state index contributed by atoms with van der Waals surface area (Å²) in [6, 6.07) is 0. The van der Waals surface area contributed by atoms with Crippen molar-refractivity contribution in [2.24, 2.45) is 5.92 Å². The molecule has 6 heteroatoms. The Hall–Kier alpha value is -0.850. The molecule has 1 N–H and O–H groups in total. The lowest BCUT2D eigenvalue weighted by Crippen LogP contribution is -2.49. The molecule has 1 rings (SSSR count). The highest BCUT2D eigenvalue weighted by molar-refractivity contribution is 5.67. The molecule has 0 aromatic carbocycles. The molecule has 0 aliphatic carbocycles. The maximum absolute atomic E-state index is 12.0. The summed E-state index contributed by atoms with van der Waals surface area (Å²) in [5, 5.41) is 10.6. The van der Waals surface area contributed by atoms with Gasteiger partial charge in [0.25, 0.3) is 0 Å². The average molecular weight is 344 g/mol. The smallest absolute Gasteiger partial charge is 0.410 e. The van der Waals surface area contributed by atoms with Gasteiger partial charge in [-0.25, -0.2) is 4.79 Å². The van der Waals surface area contributed by atoms with Gasteiger partial charge in [-0.2, -0.15) is 0 Å². The van der Waals surface area contributed by atoms with E-state index in [0.717, 1.165) is 44.9 Å². The predicted octanol–water partition coefficient (Wildman–Crippen LogP) is 2.35. The second-order valence-corrected chi connectivity index (χ2v) is 8.42. The zero-order chi connectivity index (χ0) is 18.4. The molecule has 1 fully saturated rings. The van der Waals surface area contributed by atoms with Crippen molar-refractivity contribution < 1.29 is 19.4 Å². The summed E-state index contributed by atoms with van der Waals surface area (Å²) in [5.41, 5.74) is -1.51. The fraction of sp³-hybridized carbons (Fsp3) is 0.944. The molecule has 0 spiro atoms. The van der Waals surface area contributed by atoms with E-state index < -0.39 is 17.3 Å². The van der Waals surface area contributed by atoms with Crippen molar-refractivity contribution in [2.75, 3.05) is 46.9 Å². The summed E-state index contributed by atoms with van der Waals surface area (Å²) in [5.74, 6) is 0.718. The molecule has 0 aromatic heterocycles. The third kappa shape index (κ3) is 8.85. The molecule has 0 radical (unpaired) electrons. The van der Waals surface area contributed by atoms with Crippen LogP contribution in [-0.4, -0.2) is 79.1 Å². The number of ether oxygens (including phenoxy) is 2. The van der Waals surface area contributed by atoms with Gasteiger partial charge in [-0.15, -0.1) is 0 Å². The van der Waals surface area contributed by atoms with E-state index in [1.807, 2.05) is 27.8 Å². The van der Waals surface area contributed by atoms with Gasteiger partial charge >= 0.3 is 6.09 Å². The molecule has 0 bridgehead atoms. The topological polar surface area (TPSA) is 62.2 Å². The van der Waals surface area contributed by atoms with Gasteiger partial charge < -0.3 is 24.4 Å². The van der Waals surface area contributed by atoms with Crippen LogP contribution in [-0.2, 0) is 9.47 Å². The number of likely N-dealkylation sites (N-methyl/N-ethyl adjacent to an activating group) is 2. The third-order valence-corrected chi connectivity index (χ3v) is 4.15. The van der Waals surface area contributed by atoms with Crippen LogP contribution in [0.1, 0.15) is 47.0 Å². The van der Waals surface area contributed by atoms with E-state index in [4.69, 9.17) is 9.47 Å². The summed E-state index contributed by atoms with van der Waals surface area (Å²) in [6.45, 7) is 10.7. The Morgan fingerprint density at radius 2 is 1.75 bits per heavy atom. The number of nitrogens with zero attached hydrogens (tertiary/aromatic N) is 2. The summed E-state index contributed by atoms with van der Waals surface area (Å²) < 4.78 is 10.7. The molecule has 1 saturated heterocycles. The SMILES string of the molecule is CN(CCC1CCOCC1)C[C@@](C)(O)CN(C)C(=O)OC(C)(C)C. The van der Waals surface area contributed by atoms with Crippen LogP contribution >= 0.6 is 0 Å². The summed E-state index contributed by atoms with van der Waals surface area (Å²) >= 11 is 0. The molecule has 0 unspecified atom stereocenters. The minimum absolute atomic E-state index is 0.240. The van der Waals surface area contributed by atoms with Crippen LogP contribution in [0.3, 0.4) is 0 Å². The molecule has 142 valence electrons. The van der Waals surface area contributed by atoms with Crippen LogP contribution in [0, 0.1) is 5.92 Å². The number of carbonyl (C=O) groups excluding carboxylic acids is 1. The van der Waals surface area contributed by atoms with Crippen LogP contribution in [0.4, 0.5) is 4.79 Å². The molecular formula is C18H36N2O4. The van der Waals surface area contributed by atoms with E-state index in [9.17, 15) is 9.90 Å². The first-order chi connectivity index (χ1) is 11.0. The zero-order valence-electron chi connectivity index (χ0n) is 16.3. The van der Waals surface area contributed by atoms with E-state index in [-0.39, 0.29) is 6.54 Å². The van der Waals surface area contributed by atoms with Gasteiger partial charge in [-0.1, -0.05) is 0 Å². The van der Waals surface area contributed by atoms with Crippen molar-refractivity contribution >= 4 is 6.09 Å². The first-order valence-corrected chi connectivity index (χ1v) is 8.91. The number of aliphatic hydroxyl groups is 1. The normalized spacial score (nSPS) is 19.2. The molecule has 24 heavy (non-hydrogen) atoms. The average Bonchev–Trinajstić information content (AvgIpc) is 2.43. The number of amides is 1. The van der Waals surface area contributed by atoms with Gasteiger partial charge in [0.2, 0.25) is 0 Å². The second-order valence-electron chi connectivity index (χ2n) is 8.42.